The van der Waals surface area contributed by atoms with Crippen molar-refractivity contribution in [2.45, 2.75) is 18.9 Å². The average Bonchev–Trinajstić information content (AvgIpc) is 2.85. The molecule has 1 atom stereocenters. The van der Waals surface area contributed by atoms with E-state index in [-0.39, 0.29) is 11.9 Å². The van der Waals surface area contributed by atoms with Crippen LogP contribution in [-0.4, -0.2) is 48.1 Å². The Balaban J connectivity index is 1.94. The molecule has 5 nitrogen and oxygen atoms in total. The molecular weight excluding hydrogens is 276 g/mol. The van der Waals surface area contributed by atoms with E-state index >= 15 is 0 Å². The maximum absolute atomic E-state index is 12.1. The number of hydrogen-bond donors (Lipinski definition) is 2. The first-order chi connectivity index (χ1) is 9.54. The van der Waals surface area contributed by atoms with Crippen LogP contribution in [0.5, 0.6) is 0 Å². The van der Waals surface area contributed by atoms with Gasteiger partial charge in [-0.1, -0.05) is 0 Å². The van der Waals surface area contributed by atoms with Crippen molar-refractivity contribution in [3.8, 4) is 0 Å². The third-order valence-corrected chi connectivity index (χ3v) is 4.13. The number of nitrogens with one attached hydrogen (secondary N) is 1. The molecule has 1 aromatic rings. The van der Waals surface area contributed by atoms with Gasteiger partial charge >= 0.3 is 5.97 Å². The summed E-state index contributed by atoms with van der Waals surface area (Å²) in [5, 5.41) is 13.3. The summed E-state index contributed by atoms with van der Waals surface area (Å²) >= 11 is 1.36. The lowest BCUT2D eigenvalue weighted by Crippen LogP contribution is -2.46. The zero-order valence-corrected chi connectivity index (χ0v) is 12.2. The van der Waals surface area contributed by atoms with Crippen molar-refractivity contribution in [2.24, 2.45) is 0 Å². The number of carboxylic acid groups (broad SMARTS) is 1. The molecule has 2 N–H and O–H groups in total. The van der Waals surface area contributed by atoms with Gasteiger partial charge < -0.3 is 15.3 Å². The van der Waals surface area contributed by atoms with Gasteiger partial charge in [0.25, 0.3) is 5.91 Å². The minimum absolute atomic E-state index is 0.0866. The largest absolute Gasteiger partial charge is 0.478 e. The zero-order chi connectivity index (χ0) is 14.5. The average molecular weight is 294 g/mol. The Kier molecular flexibility index (Phi) is 4.92. The quantitative estimate of drug-likeness (QED) is 0.829. The van der Waals surface area contributed by atoms with Crippen molar-refractivity contribution in [3.63, 3.8) is 0 Å². The summed E-state index contributed by atoms with van der Waals surface area (Å²) in [5.74, 6) is -1.08. The number of likely N-dealkylation sites (tertiary alicyclic amines) is 1. The molecule has 0 radical (unpaired) electrons. The van der Waals surface area contributed by atoms with Crippen molar-refractivity contribution < 1.29 is 14.7 Å². The first-order valence-corrected chi connectivity index (χ1v) is 7.41. The van der Waals surface area contributed by atoms with Crippen molar-refractivity contribution in [1.82, 2.24) is 10.2 Å². The van der Waals surface area contributed by atoms with Crippen LogP contribution >= 0.6 is 11.3 Å². The highest BCUT2D eigenvalue weighted by Gasteiger charge is 2.19. The van der Waals surface area contributed by atoms with Gasteiger partial charge in [-0.15, -0.1) is 11.3 Å². The van der Waals surface area contributed by atoms with Crippen LogP contribution in [0.1, 0.15) is 28.1 Å². The lowest BCUT2D eigenvalue weighted by atomic mass is 10.1. The molecule has 1 saturated heterocycles. The standard InChI is InChI=1S/C14H18N2O3S/c1-16-6-2-3-11(8-16)15-14(19)10-7-12(20-9-10)4-5-13(17)18/h4-5,7,9,11H,2-3,6,8H2,1H3,(H,15,19)(H,17,18). The molecule has 1 unspecified atom stereocenters. The number of hydrogen-bond acceptors (Lipinski definition) is 4. The highest BCUT2D eigenvalue weighted by atomic mass is 32.1. The van der Waals surface area contributed by atoms with E-state index in [1.54, 1.807) is 11.4 Å². The number of aliphatic carboxylic acids is 1. The van der Waals surface area contributed by atoms with Crippen LogP contribution in [-0.2, 0) is 4.79 Å². The van der Waals surface area contributed by atoms with E-state index in [9.17, 15) is 9.59 Å². The number of amides is 1. The van der Waals surface area contributed by atoms with Gasteiger partial charge in [0.15, 0.2) is 0 Å². The second-order valence-corrected chi connectivity index (χ2v) is 5.93. The summed E-state index contributed by atoms with van der Waals surface area (Å²) in [6, 6.07) is 1.91. The van der Waals surface area contributed by atoms with Crippen molar-refractivity contribution in [1.29, 1.82) is 0 Å². The van der Waals surface area contributed by atoms with E-state index in [2.05, 4.69) is 17.3 Å². The third kappa shape index (κ3) is 4.18. The van der Waals surface area contributed by atoms with E-state index in [0.717, 1.165) is 36.9 Å². The molecule has 0 saturated carbocycles. The Morgan fingerprint density at radius 2 is 2.35 bits per heavy atom. The van der Waals surface area contributed by atoms with Gasteiger partial charge in [0.2, 0.25) is 0 Å². The normalized spacial score (nSPS) is 20.1. The van der Waals surface area contributed by atoms with Crippen LogP contribution in [0.2, 0.25) is 0 Å². The minimum Gasteiger partial charge on any atom is -0.478 e. The maximum atomic E-state index is 12.1. The molecule has 1 amide bonds. The van der Waals surface area contributed by atoms with Gasteiger partial charge in [0.05, 0.1) is 5.56 Å². The Bertz CT molecular complexity index is 524. The predicted octanol–water partition coefficient (Wildman–Crippen LogP) is 1.67. The van der Waals surface area contributed by atoms with E-state index in [1.807, 2.05) is 0 Å². The van der Waals surface area contributed by atoms with Gasteiger partial charge in [0.1, 0.15) is 0 Å². The molecule has 0 spiro atoms. The number of thiophene rings is 1. The number of piperidine rings is 1. The summed E-state index contributed by atoms with van der Waals surface area (Å²) in [7, 11) is 2.05. The van der Waals surface area contributed by atoms with E-state index in [1.165, 1.54) is 17.4 Å². The fraction of sp³-hybridized carbons (Fsp3) is 0.429. The number of likely N-dealkylation sites (N-methyl/N-ethyl adjacent to an activating group) is 1. The van der Waals surface area contributed by atoms with Gasteiger partial charge in [-0.3, -0.25) is 4.79 Å². The summed E-state index contributed by atoms with van der Waals surface area (Å²) < 4.78 is 0. The number of rotatable bonds is 4. The number of nitrogens with zero attached hydrogens (tertiary/aromatic N) is 1. The first-order valence-electron chi connectivity index (χ1n) is 6.53. The van der Waals surface area contributed by atoms with E-state index < -0.39 is 5.97 Å². The SMILES string of the molecule is CN1CCCC(NC(=O)c2csc(C=CC(=O)O)c2)C1. The fourth-order valence-corrected chi connectivity index (χ4v) is 3.05. The predicted molar refractivity (Wildman–Crippen MR) is 79.0 cm³/mol. The Morgan fingerprint density at radius 3 is 3.05 bits per heavy atom. The lowest BCUT2D eigenvalue weighted by molar-refractivity contribution is -0.131. The Labute approximate surface area is 121 Å². The molecule has 20 heavy (non-hydrogen) atoms. The van der Waals surface area contributed by atoms with Crippen LogP contribution in [0.4, 0.5) is 0 Å². The van der Waals surface area contributed by atoms with Crippen LogP contribution in [0.3, 0.4) is 0 Å². The maximum Gasteiger partial charge on any atom is 0.328 e. The van der Waals surface area contributed by atoms with Crippen molar-refractivity contribution >= 4 is 29.3 Å². The monoisotopic (exact) mass is 294 g/mol. The molecule has 108 valence electrons. The van der Waals surface area contributed by atoms with Crippen LogP contribution in [0.25, 0.3) is 6.08 Å². The second kappa shape index (κ2) is 6.67. The number of carbonyl (C=O) groups excluding carboxylic acids is 1. The van der Waals surface area contributed by atoms with E-state index in [0.29, 0.717) is 5.56 Å². The highest BCUT2D eigenvalue weighted by Crippen LogP contribution is 2.17. The fourth-order valence-electron chi connectivity index (χ4n) is 2.27. The Hall–Kier alpha value is -1.66. The smallest absolute Gasteiger partial charge is 0.328 e. The summed E-state index contributed by atoms with van der Waals surface area (Å²) in [6.07, 6.45) is 4.67. The second-order valence-electron chi connectivity index (χ2n) is 4.98. The topological polar surface area (TPSA) is 69.6 Å². The Morgan fingerprint density at radius 1 is 1.55 bits per heavy atom. The van der Waals surface area contributed by atoms with Crippen molar-refractivity contribution in [2.75, 3.05) is 20.1 Å². The summed E-state index contributed by atoms with van der Waals surface area (Å²) in [5.41, 5.74) is 0.591. The molecule has 1 aliphatic rings. The zero-order valence-electron chi connectivity index (χ0n) is 11.3. The first kappa shape index (κ1) is 14.7. The molecule has 0 bridgehead atoms. The summed E-state index contributed by atoms with van der Waals surface area (Å²) in [4.78, 5) is 25.5. The number of carbonyl (C=O) groups is 2. The van der Waals surface area contributed by atoms with Gasteiger partial charge in [-0.05, 0) is 38.6 Å². The van der Waals surface area contributed by atoms with Crippen molar-refractivity contribution in [3.05, 3.63) is 28.0 Å². The lowest BCUT2D eigenvalue weighted by Gasteiger charge is -2.30. The highest BCUT2D eigenvalue weighted by molar-refractivity contribution is 7.11. The molecule has 1 aliphatic heterocycles. The number of carboxylic acids is 1. The van der Waals surface area contributed by atoms with Gasteiger partial charge in [0, 0.05) is 28.9 Å². The minimum atomic E-state index is -0.991. The van der Waals surface area contributed by atoms with Crippen LogP contribution < -0.4 is 5.32 Å². The molecular formula is C14H18N2O3S. The molecule has 1 aromatic heterocycles. The molecule has 6 heteroatoms. The van der Waals surface area contributed by atoms with Gasteiger partial charge in [-0.2, -0.15) is 0 Å². The third-order valence-electron chi connectivity index (χ3n) is 3.23. The van der Waals surface area contributed by atoms with Gasteiger partial charge in [-0.25, -0.2) is 4.79 Å². The van der Waals surface area contributed by atoms with Crippen LogP contribution in [0.15, 0.2) is 17.5 Å². The molecule has 0 aromatic carbocycles. The van der Waals surface area contributed by atoms with E-state index in [4.69, 9.17) is 5.11 Å². The molecule has 0 aliphatic carbocycles. The molecule has 2 heterocycles. The summed E-state index contributed by atoms with van der Waals surface area (Å²) in [6.45, 7) is 1.95. The van der Waals surface area contributed by atoms with Crippen LogP contribution in [0, 0.1) is 0 Å². The molecule has 1 fully saturated rings. The molecule has 2 rings (SSSR count).